The molecule has 0 saturated heterocycles. The molecular weight excluding hydrogens is 236 g/mol. The van der Waals surface area contributed by atoms with Gasteiger partial charge >= 0.3 is 0 Å². The van der Waals surface area contributed by atoms with Crippen LogP contribution >= 0.6 is 0 Å². The third-order valence-corrected chi connectivity index (χ3v) is 2.97. The molecule has 1 fully saturated rings. The van der Waals surface area contributed by atoms with E-state index in [-0.39, 0.29) is 0 Å². The van der Waals surface area contributed by atoms with Gasteiger partial charge in [-0.1, -0.05) is 18.2 Å². The second-order valence-corrected chi connectivity index (χ2v) is 4.83. The Kier molecular flexibility index (Phi) is 5.53. The summed E-state index contributed by atoms with van der Waals surface area (Å²) < 4.78 is 0. The summed E-state index contributed by atoms with van der Waals surface area (Å²) in [5, 5.41) is 10.1. The highest BCUT2D eigenvalue weighted by Crippen LogP contribution is 2.18. The Morgan fingerprint density at radius 3 is 2.74 bits per heavy atom. The van der Waals surface area contributed by atoms with Crippen LogP contribution in [-0.4, -0.2) is 31.6 Å². The summed E-state index contributed by atoms with van der Waals surface area (Å²) >= 11 is 0. The van der Waals surface area contributed by atoms with E-state index in [1.54, 1.807) is 0 Å². The van der Waals surface area contributed by atoms with Gasteiger partial charge in [-0.2, -0.15) is 0 Å². The third kappa shape index (κ3) is 5.64. The minimum absolute atomic E-state index is 0.653. The van der Waals surface area contributed by atoms with Crippen molar-refractivity contribution < 1.29 is 0 Å². The molecule has 19 heavy (non-hydrogen) atoms. The SMILES string of the molecule is CCNC(=NCCCNc1ccccc1)NC1CC1. The molecule has 3 N–H and O–H groups in total. The van der Waals surface area contributed by atoms with Gasteiger partial charge in [0.2, 0.25) is 0 Å². The fraction of sp³-hybridized carbons (Fsp3) is 0.533. The van der Waals surface area contributed by atoms with Crippen LogP contribution in [0, 0.1) is 0 Å². The predicted octanol–water partition coefficient (Wildman–Crippen LogP) is 2.21. The molecule has 0 atom stereocenters. The number of hydrogen-bond acceptors (Lipinski definition) is 2. The van der Waals surface area contributed by atoms with Gasteiger partial charge in [0.25, 0.3) is 0 Å². The predicted molar refractivity (Wildman–Crippen MR) is 81.7 cm³/mol. The first-order chi connectivity index (χ1) is 9.38. The molecule has 1 aromatic carbocycles. The van der Waals surface area contributed by atoms with Crippen molar-refractivity contribution in [1.82, 2.24) is 10.6 Å². The standard InChI is InChI=1S/C15H24N4/c1-2-16-15(19-14-9-10-14)18-12-6-11-17-13-7-4-3-5-8-13/h3-5,7-8,14,17H,2,6,9-12H2,1H3,(H2,16,18,19). The van der Waals surface area contributed by atoms with Gasteiger partial charge in [-0.05, 0) is 38.3 Å². The Morgan fingerprint density at radius 2 is 2.05 bits per heavy atom. The number of hydrogen-bond donors (Lipinski definition) is 3. The van der Waals surface area contributed by atoms with Crippen LogP contribution in [0.4, 0.5) is 5.69 Å². The summed E-state index contributed by atoms with van der Waals surface area (Å²) in [5.41, 5.74) is 1.18. The van der Waals surface area contributed by atoms with Crippen molar-refractivity contribution >= 4 is 11.6 Å². The molecule has 0 amide bonds. The van der Waals surface area contributed by atoms with Crippen molar-refractivity contribution in [2.24, 2.45) is 4.99 Å². The summed E-state index contributed by atoms with van der Waals surface area (Å²) in [4.78, 5) is 4.58. The number of guanidine groups is 1. The van der Waals surface area contributed by atoms with E-state index in [0.29, 0.717) is 6.04 Å². The zero-order valence-electron chi connectivity index (χ0n) is 11.7. The van der Waals surface area contributed by atoms with Crippen molar-refractivity contribution in [1.29, 1.82) is 0 Å². The molecule has 104 valence electrons. The highest BCUT2D eigenvalue weighted by molar-refractivity contribution is 5.80. The summed E-state index contributed by atoms with van der Waals surface area (Å²) in [6.07, 6.45) is 3.59. The van der Waals surface area contributed by atoms with Gasteiger partial charge in [-0.3, -0.25) is 4.99 Å². The number of rotatable bonds is 7. The van der Waals surface area contributed by atoms with Crippen molar-refractivity contribution in [3.8, 4) is 0 Å². The number of nitrogens with zero attached hydrogens (tertiary/aromatic N) is 1. The maximum atomic E-state index is 4.58. The maximum Gasteiger partial charge on any atom is 0.191 e. The lowest BCUT2D eigenvalue weighted by Crippen LogP contribution is -2.38. The maximum absolute atomic E-state index is 4.58. The number of nitrogens with one attached hydrogen (secondary N) is 3. The molecule has 1 saturated carbocycles. The van der Waals surface area contributed by atoms with Crippen LogP contribution in [0.5, 0.6) is 0 Å². The molecule has 4 nitrogen and oxygen atoms in total. The number of benzene rings is 1. The summed E-state index contributed by atoms with van der Waals surface area (Å²) in [6, 6.07) is 10.9. The first-order valence-corrected chi connectivity index (χ1v) is 7.22. The number of anilines is 1. The highest BCUT2D eigenvalue weighted by atomic mass is 15.2. The average Bonchev–Trinajstić information content (AvgIpc) is 3.24. The second kappa shape index (κ2) is 7.67. The van der Waals surface area contributed by atoms with E-state index in [2.05, 4.69) is 40.0 Å². The Hall–Kier alpha value is -1.71. The molecule has 1 aliphatic rings. The Bertz CT molecular complexity index is 384. The lowest BCUT2D eigenvalue weighted by molar-refractivity contribution is 0.795. The van der Waals surface area contributed by atoms with Crippen molar-refractivity contribution in [3.05, 3.63) is 30.3 Å². The molecule has 1 aromatic rings. The Labute approximate surface area is 115 Å². The molecule has 1 aliphatic carbocycles. The van der Waals surface area contributed by atoms with E-state index in [0.717, 1.165) is 32.0 Å². The van der Waals surface area contributed by atoms with Crippen LogP contribution in [0.1, 0.15) is 26.2 Å². The van der Waals surface area contributed by atoms with Crippen LogP contribution in [0.15, 0.2) is 35.3 Å². The lowest BCUT2D eigenvalue weighted by Gasteiger charge is -2.10. The Morgan fingerprint density at radius 1 is 1.26 bits per heavy atom. The largest absolute Gasteiger partial charge is 0.385 e. The topological polar surface area (TPSA) is 48.5 Å². The van der Waals surface area contributed by atoms with Gasteiger partial charge < -0.3 is 16.0 Å². The average molecular weight is 260 g/mol. The van der Waals surface area contributed by atoms with Gasteiger partial charge in [-0.25, -0.2) is 0 Å². The number of para-hydroxylation sites is 1. The number of aliphatic imine (C=N–C) groups is 1. The summed E-state index contributed by atoms with van der Waals surface area (Å²) in [6.45, 7) is 4.82. The van der Waals surface area contributed by atoms with E-state index in [1.165, 1.54) is 18.5 Å². The second-order valence-electron chi connectivity index (χ2n) is 4.83. The molecule has 4 heteroatoms. The van der Waals surface area contributed by atoms with Gasteiger partial charge in [-0.15, -0.1) is 0 Å². The highest BCUT2D eigenvalue weighted by Gasteiger charge is 2.21. The molecule has 0 heterocycles. The van der Waals surface area contributed by atoms with Crippen LogP contribution < -0.4 is 16.0 Å². The van der Waals surface area contributed by atoms with Gasteiger partial charge in [0.15, 0.2) is 5.96 Å². The molecule has 0 unspecified atom stereocenters. The van der Waals surface area contributed by atoms with Crippen molar-refractivity contribution in [2.75, 3.05) is 25.0 Å². The third-order valence-electron chi connectivity index (χ3n) is 2.97. The van der Waals surface area contributed by atoms with Crippen LogP contribution in [0.3, 0.4) is 0 Å². The van der Waals surface area contributed by atoms with Crippen LogP contribution in [-0.2, 0) is 0 Å². The van der Waals surface area contributed by atoms with Gasteiger partial charge in [0.05, 0.1) is 0 Å². The van der Waals surface area contributed by atoms with Gasteiger partial charge in [0.1, 0.15) is 0 Å². The molecule has 0 radical (unpaired) electrons. The summed E-state index contributed by atoms with van der Waals surface area (Å²) in [7, 11) is 0. The molecule has 0 bridgehead atoms. The summed E-state index contributed by atoms with van der Waals surface area (Å²) in [5.74, 6) is 0.963. The van der Waals surface area contributed by atoms with Crippen LogP contribution in [0.25, 0.3) is 0 Å². The zero-order valence-corrected chi connectivity index (χ0v) is 11.7. The first kappa shape index (κ1) is 13.7. The van der Waals surface area contributed by atoms with Gasteiger partial charge in [0, 0.05) is 31.4 Å². The molecule has 0 aliphatic heterocycles. The normalized spacial score (nSPS) is 15.1. The minimum atomic E-state index is 0.653. The smallest absolute Gasteiger partial charge is 0.191 e. The molecular formula is C15H24N4. The fourth-order valence-electron chi connectivity index (χ4n) is 1.80. The minimum Gasteiger partial charge on any atom is -0.385 e. The molecule has 2 rings (SSSR count). The van der Waals surface area contributed by atoms with E-state index in [4.69, 9.17) is 0 Å². The van der Waals surface area contributed by atoms with E-state index >= 15 is 0 Å². The molecule has 0 spiro atoms. The van der Waals surface area contributed by atoms with E-state index in [9.17, 15) is 0 Å². The quantitative estimate of drug-likeness (QED) is 0.400. The van der Waals surface area contributed by atoms with E-state index in [1.807, 2.05) is 18.2 Å². The fourth-order valence-corrected chi connectivity index (χ4v) is 1.80. The monoisotopic (exact) mass is 260 g/mol. The zero-order chi connectivity index (χ0) is 13.3. The van der Waals surface area contributed by atoms with Crippen molar-refractivity contribution in [2.45, 2.75) is 32.2 Å². The van der Waals surface area contributed by atoms with E-state index < -0.39 is 0 Å². The lowest BCUT2D eigenvalue weighted by atomic mass is 10.3. The Balaban J connectivity index is 1.63. The first-order valence-electron chi connectivity index (χ1n) is 7.22. The van der Waals surface area contributed by atoms with Crippen LogP contribution in [0.2, 0.25) is 0 Å². The van der Waals surface area contributed by atoms with Crippen molar-refractivity contribution in [3.63, 3.8) is 0 Å². The molecule has 0 aromatic heterocycles.